The fourth-order valence-corrected chi connectivity index (χ4v) is 4.86. The van der Waals surface area contributed by atoms with Crippen molar-refractivity contribution in [3.63, 3.8) is 0 Å². The van der Waals surface area contributed by atoms with Crippen LogP contribution in [-0.2, 0) is 11.4 Å². The number of anilines is 1. The SMILES string of the molecule is O=C(O)N[C@H]1CN(c2ncnc3cc(OCc4ccccc4)ccc23)C[C@@H]1N1CCCCC1=O. The van der Waals surface area contributed by atoms with Gasteiger partial charge >= 0.3 is 6.09 Å². The Morgan fingerprint density at radius 1 is 1.12 bits per heavy atom. The number of likely N-dealkylation sites (tertiary alicyclic amines) is 1. The van der Waals surface area contributed by atoms with Gasteiger partial charge in [-0.25, -0.2) is 14.8 Å². The van der Waals surface area contributed by atoms with E-state index in [0.29, 0.717) is 38.4 Å². The summed E-state index contributed by atoms with van der Waals surface area (Å²) in [7, 11) is 0. The minimum Gasteiger partial charge on any atom is -0.489 e. The van der Waals surface area contributed by atoms with Gasteiger partial charge in [0.2, 0.25) is 5.91 Å². The summed E-state index contributed by atoms with van der Waals surface area (Å²) in [5.41, 5.74) is 1.83. The van der Waals surface area contributed by atoms with Crippen molar-refractivity contribution in [2.75, 3.05) is 24.5 Å². The number of nitrogens with one attached hydrogen (secondary N) is 1. The highest BCUT2D eigenvalue weighted by molar-refractivity contribution is 5.90. The van der Waals surface area contributed by atoms with E-state index in [2.05, 4.69) is 15.3 Å². The number of amides is 2. The van der Waals surface area contributed by atoms with E-state index in [1.54, 1.807) is 0 Å². The first-order valence-corrected chi connectivity index (χ1v) is 11.5. The summed E-state index contributed by atoms with van der Waals surface area (Å²) >= 11 is 0. The Bertz CT molecular complexity index is 1190. The first-order valence-electron chi connectivity index (χ1n) is 11.5. The van der Waals surface area contributed by atoms with Crippen LogP contribution in [0.1, 0.15) is 24.8 Å². The number of aromatic nitrogens is 2. The predicted octanol–water partition coefficient (Wildman–Crippen LogP) is 3.05. The standard InChI is InChI=1S/C25H27N5O4/c31-23-8-4-5-11-30(23)22-14-29(13-21(22)28-25(32)33)24-19-10-9-18(12-20(19)26-16-27-24)34-15-17-6-2-1-3-7-17/h1-3,6-7,9-10,12,16,21-22,28H,4-5,8,11,13-15H2,(H,32,33)/t21-,22-/m0/s1. The number of carbonyl (C=O) groups is 2. The van der Waals surface area contributed by atoms with Gasteiger partial charge in [-0.3, -0.25) is 4.79 Å². The number of carboxylic acid groups (broad SMARTS) is 1. The summed E-state index contributed by atoms with van der Waals surface area (Å²) in [6, 6.07) is 15.0. The van der Waals surface area contributed by atoms with Gasteiger partial charge in [0.25, 0.3) is 0 Å². The number of nitrogens with zero attached hydrogens (tertiary/aromatic N) is 4. The van der Waals surface area contributed by atoms with Crippen molar-refractivity contribution >= 4 is 28.7 Å². The zero-order valence-electron chi connectivity index (χ0n) is 18.8. The molecular formula is C25H27N5O4. The molecule has 2 saturated heterocycles. The van der Waals surface area contributed by atoms with Crippen molar-refractivity contribution in [1.29, 1.82) is 0 Å². The zero-order valence-corrected chi connectivity index (χ0v) is 18.8. The Morgan fingerprint density at radius 3 is 2.76 bits per heavy atom. The molecule has 3 heterocycles. The summed E-state index contributed by atoms with van der Waals surface area (Å²) in [6.07, 6.45) is 2.75. The van der Waals surface area contributed by atoms with E-state index >= 15 is 0 Å². The molecule has 3 aromatic rings. The number of hydrogen-bond donors (Lipinski definition) is 2. The van der Waals surface area contributed by atoms with Crippen LogP contribution in [0.25, 0.3) is 10.9 Å². The second-order valence-electron chi connectivity index (χ2n) is 8.72. The molecule has 0 spiro atoms. The predicted molar refractivity (Wildman–Crippen MR) is 127 cm³/mol. The minimum absolute atomic E-state index is 0.0861. The van der Waals surface area contributed by atoms with Crippen molar-refractivity contribution in [3.8, 4) is 5.75 Å². The van der Waals surface area contributed by atoms with Crippen molar-refractivity contribution in [1.82, 2.24) is 20.2 Å². The highest BCUT2D eigenvalue weighted by atomic mass is 16.5. The summed E-state index contributed by atoms with van der Waals surface area (Å²) < 4.78 is 5.94. The molecule has 1 aromatic heterocycles. The first kappa shape index (κ1) is 21.9. The molecule has 0 bridgehead atoms. The molecule has 0 radical (unpaired) electrons. The van der Waals surface area contributed by atoms with Gasteiger partial charge in [-0.05, 0) is 30.5 Å². The number of hydrogen-bond acceptors (Lipinski definition) is 6. The molecule has 0 unspecified atom stereocenters. The fraction of sp³-hybridized carbons (Fsp3) is 0.360. The zero-order chi connectivity index (χ0) is 23.5. The van der Waals surface area contributed by atoms with Gasteiger partial charge in [0.1, 0.15) is 24.5 Å². The number of rotatable bonds is 6. The van der Waals surface area contributed by atoms with Crippen molar-refractivity contribution in [2.45, 2.75) is 38.0 Å². The highest BCUT2D eigenvalue weighted by Gasteiger charge is 2.41. The van der Waals surface area contributed by atoms with Crippen LogP contribution in [0.2, 0.25) is 0 Å². The second-order valence-corrected chi connectivity index (χ2v) is 8.72. The first-order chi connectivity index (χ1) is 16.6. The molecule has 2 aromatic carbocycles. The van der Waals surface area contributed by atoms with Gasteiger partial charge in [-0.2, -0.15) is 0 Å². The maximum atomic E-state index is 12.6. The quantitative estimate of drug-likeness (QED) is 0.581. The van der Waals surface area contributed by atoms with Gasteiger partial charge in [-0.1, -0.05) is 30.3 Å². The van der Waals surface area contributed by atoms with Crippen molar-refractivity contribution < 1.29 is 19.4 Å². The minimum atomic E-state index is -1.09. The van der Waals surface area contributed by atoms with Crippen LogP contribution in [-0.4, -0.2) is 63.7 Å². The van der Waals surface area contributed by atoms with Crippen LogP contribution in [0, 0.1) is 0 Å². The van der Waals surface area contributed by atoms with E-state index in [1.807, 2.05) is 58.3 Å². The third-order valence-electron chi connectivity index (χ3n) is 6.49. The Morgan fingerprint density at radius 2 is 1.97 bits per heavy atom. The lowest BCUT2D eigenvalue weighted by molar-refractivity contribution is -0.135. The average Bonchev–Trinajstić information content (AvgIpc) is 3.25. The lowest BCUT2D eigenvalue weighted by Crippen LogP contribution is -2.54. The highest BCUT2D eigenvalue weighted by Crippen LogP contribution is 2.31. The Hall–Kier alpha value is -3.88. The van der Waals surface area contributed by atoms with E-state index in [9.17, 15) is 14.7 Å². The molecule has 9 nitrogen and oxygen atoms in total. The number of carbonyl (C=O) groups excluding carboxylic acids is 1. The molecule has 2 fully saturated rings. The summed E-state index contributed by atoms with van der Waals surface area (Å²) in [4.78, 5) is 36.8. The molecule has 0 aliphatic carbocycles. The van der Waals surface area contributed by atoms with Crippen LogP contribution in [0.3, 0.4) is 0 Å². The lowest BCUT2D eigenvalue weighted by Gasteiger charge is -2.35. The molecule has 2 N–H and O–H groups in total. The molecule has 34 heavy (non-hydrogen) atoms. The number of ether oxygens (including phenoxy) is 1. The average molecular weight is 462 g/mol. The Labute approximate surface area is 197 Å². The molecular weight excluding hydrogens is 434 g/mol. The van der Waals surface area contributed by atoms with Gasteiger partial charge in [0, 0.05) is 37.5 Å². The van der Waals surface area contributed by atoms with Crippen LogP contribution in [0.4, 0.5) is 10.6 Å². The van der Waals surface area contributed by atoms with Gasteiger partial charge in [-0.15, -0.1) is 0 Å². The number of fused-ring (bicyclic) bond motifs is 1. The molecule has 5 rings (SSSR count). The van der Waals surface area contributed by atoms with Crippen LogP contribution >= 0.6 is 0 Å². The normalized spacial score (nSPS) is 20.5. The summed E-state index contributed by atoms with van der Waals surface area (Å²) in [5, 5.41) is 12.8. The van der Waals surface area contributed by atoms with E-state index in [4.69, 9.17) is 4.74 Å². The lowest BCUT2D eigenvalue weighted by atomic mass is 10.0. The van der Waals surface area contributed by atoms with Crippen LogP contribution < -0.4 is 15.0 Å². The van der Waals surface area contributed by atoms with Gasteiger partial charge < -0.3 is 25.0 Å². The topological polar surface area (TPSA) is 108 Å². The molecule has 9 heteroatoms. The van der Waals surface area contributed by atoms with Crippen molar-refractivity contribution in [2.24, 2.45) is 0 Å². The second kappa shape index (κ2) is 9.54. The summed E-state index contributed by atoms with van der Waals surface area (Å²) in [6.45, 7) is 2.06. The maximum Gasteiger partial charge on any atom is 0.405 e. The van der Waals surface area contributed by atoms with Crippen LogP contribution in [0.5, 0.6) is 5.75 Å². The third kappa shape index (κ3) is 4.59. The maximum absolute atomic E-state index is 12.6. The monoisotopic (exact) mass is 461 g/mol. The van der Waals surface area contributed by atoms with E-state index in [0.717, 1.165) is 35.1 Å². The fourth-order valence-electron chi connectivity index (χ4n) is 4.86. The molecule has 2 aliphatic heterocycles. The third-order valence-corrected chi connectivity index (χ3v) is 6.49. The summed E-state index contributed by atoms with van der Waals surface area (Å²) in [5.74, 6) is 1.52. The van der Waals surface area contributed by atoms with Crippen molar-refractivity contribution in [3.05, 3.63) is 60.4 Å². The molecule has 176 valence electrons. The molecule has 2 aliphatic rings. The smallest absolute Gasteiger partial charge is 0.405 e. The Kier molecular flexibility index (Phi) is 6.16. The van der Waals surface area contributed by atoms with E-state index < -0.39 is 12.1 Å². The van der Waals surface area contributed by atoms with E-state index in [1.165, 1.54) is 6.33 Å². The number of piperidine rings is 1. The number of benzene rings is 2. The molecule has 2 amide bonds. The Balaban J connectivity index is 1.38. The largest absolute Gasteiger partial charge is 0.489 e. The molecule has 2 atom stereocenters. The van der Waals surface area contributed by atoms with Gasteiger partial charge in [0.05, 0.1) is 17.6 Å². The molecule has 0 saturated carbocycles. The van der Waals surface area contributed by atoms with E-state index in [-0.39, 0.29) is 11.9 Å². The van der Waals surface area contributed by atoms with Crippen LogP contribution in [0.15, 0.2) is 54.9 Å². The van der Waals surface area contributed by atoms with Gasteiger partial charge in [0.15, 0.2) is 0 Å².